The first-order chi connectivity index (χ1) is 8.36. The Morgan fingerprint density at radius 1 is 1.28 bits per heavy atom. The minimum Gasteiger partial charge on any atom is -0.483 e. The van der Waals surface area contributed by atoms with Gasteiger partial charge in [-0.25, -0.2) is 4.98 Å². The van der Waals surface area contributed by atoms with Crippen LogP contribution in [0.2, 0.25) is 0 Å². The molecule has 0 atom stereocenters. The summed E-state index contributed by atoms with van der Waals surface area (Å²) >= 11 is 0. The van der Waals surface area contributed by atoms with Crippen molar-refractivity contribution in [3.8, 4) is 0 Å². The van der Waals surface area contributed by atoms with E-state index in [9.17, 15) is 0 Å². The van der Waals surface area contributed by atoms with E-state index in [4.69, 9.17) is 9.90 Å². The second-order valence-electron chi connectivity index (χ2n) is 2.83. The number of hydrogen-bond acceptors (Lipinski definition) is 2. The van der Waals surface area contributed by atoms with E-state index < -0.39 is 0 Å². The van der Waals surface area contributed by atoms with Crippen molar-refractivity contribution in [2.24, 2.45) is 0 Å². The number of carboxylic acid groups (broad SMARTS) is 1. The number of carbonyl (C=O) groups is 1. The molecule has 1 N–H and O–H groups in total. The monoisotopic (exact) mass is 255 g/mol. The molecule has 1 heterocycles. The first-order valence-electron chi connectivity index (χ1n) is 4.94. The molecule has 0 amide bonds. The molecule has 1 radical (unpaired) electrons. The van der Waals surface area contributed by atoms with Crippen LogP contribution in [0.5, 0.6) is 0 Å². The molecule has 0 unspecified atom stereocenters. The molecule has 0 fully saturated rings. The Labute approximate surface area is 129 Å². The van der Waals surface area contributed by atoms with Crippen molar-refractivity contribution in [1.29, 1.82) is 0 Å². The number of benzene rings is 1. The molecule has 0 spiro atoms. The van der Waals surface area contributed by atoms with Crippen LogP contribution in [0.15, 0.2) is 62.2 Å². The maximum Gasteiger partial charge on any atom is 0.290 e. The molecule has 4 nitrogen and oxygen atoms in total. The molecule has 0 bridgehead atoms. The maximum absolute atomic E-state index is 8.36. The van der Waals surface area contributed by atoms with Crippen molar-refractivity contribution < 1.29 is 9.90 Å². The predicted molar refractivity (Wildman–Crippen MR) is 73.5 cm³/mol. The summed E-state index contributed by atoms with van der Waals surface area (Å²) in [7, 11) is 0. The van der Waals surface area contributed by atoms with Gasteiger partial charge >= 0.3 is 0 Å². The zero-order chi connectivity index (χ0) is 12.9. The van der Waals surface area contributed by atoms with E-state index >= 15 is 0 Å². The third kappa shape index (κ3) is 8.75. The zero-order valence-electron chi connectivity index (χ0n) is 10.6. The van der Waals surface area contributed by atoms with E-state index in [-0.39, 0.29) is 36.0 Å². The quantitative estimate of drug-likeness (QED) is 0.507. The molecular weight excluding hydrogens is 239 g/mol. The maximum atomic E-state index is 8.36. The summed E-state index contributed by atoms with van der Waals surface area (Å²) in [6.45, 7) is 6.65. The molecular formula is C13H16N2NaO2. The molecule has 18 heavy (non-hydrogen) atoms. The Bertz CT molecular complexity index is 391. The molecule has 0 aliphatic carbocycles. The molecule has 0 saturated carbocycles. The smallest absolute Gasteiger partial charge is 0.290 e. The summed E-state index contributed by atoms with van der Waals surface area (Å²) in [5, 5.41) is 6.89. The fourth-order valence-corrected chi connectivity index (χ4v) is 1.17. The van der Waals surface area contributed by atoms with E-state index in [1.54, 1.807) is 6.20 Å². The Hall–Kier alpha value is -1.36. The number of hydrogen-bond donors (Lipinski definition) is 1. The Morgan fingerprint density at radius 2 is 1.83 bits per heavy atom. The summed E-state index contributed by atoms with van der Waals surface area (Å²) in [5.41, 5.74) is 1.30. The standard InChI is InChI=1S/C10H10N2.C2H4.CH2O2.Na/c1-2-4-10(5-3-1)8-12-7-6-11-9-12;1-2;2-1-3;/h1-7,9H,8H2;1-2H2;1H,(H,2,3);. The van der Waals surface area contributed by atoms with Crippen LogP contribution in [0, 0.1) is 0 Å². The van der Waals surface area contributed by atoms with E-state index in [0.29, 0.717) is 0 Å². The summed E-state index contributed by atoms with van der Waals surface area (Å²) in [4.78, 5) is 12.3. The first-order valence-corrected chi connectivity index (χ1v) is 4.94. The van der Waals surface area contributed by atoms with E-state index in [0.717, 1.165) is 6.54 Å². The van der Waals surface area contributed by atoms with Gasteiger partial charge in [-0.05, 0) is 5.56 Å². The van der Waals surface area contributed by atoms with Gasteiger partial charge < -0.3 is 9.67 Å². The molecule has 1 aromatic heterocycles. The average molecular weight is 255 g/mol. The number of imidazole rings is 1. The third-order valence-electron chi connectivity index (χ3n) is 1.77. The SMILES string of the molecule is C=C.O=CO.[Na].c1ccc(Cn2ccnc2)cc1. The van der Waals surface area contributed by atoms with Gasteiger partial charge in [-0.1, -0.05) is 30.3 Å². The fourth-order valence-electron chi connectivity index (χ4n) is 1.17. The van der Waals surface area contributed by atoms with E-state index in [1.807, 2.05) is 30.7 Å². The van der Waals surface area contributed by atoms with Gasteiger partial charge in [0.25, 0.3) is 6.47 Å². The fraction of sp³-hybridized carbons (Fsp3) is 0.0769. The van der Waals surface area contributed by atoms with Gasteiger partial charge in [0.15, 0.2) is 0 Å². The van der Waals surface area contributed by atoms with Crippen LogP contribution in [0.3, 0.4) is 0 Å². The number of aromatic nitrogens is 2. The second kappa shape index (κ2) is 13.7. The molecule has 0 aliphatic rings. The van der Waals surface area contributed by atoms with Crippen LogP contribution in [-0.4, -0.2) is 50.7 Å². The molecule has 0 saturated heterocycles. The molecule has 2 aromatic rings. The van der Waals surface area contributed by atoms with Crippen molar-refractivity contribution >= 4 is 36.0 Å². The topological polar surface area (TPSA) is 55.1 Å². The van der Waals surface area contributed by atoms with Crippen LogP contribution in [0.1, 0.15) is 5.56 Å². The van der Waals surface area contributed by atoms with Gasteiger partial charge in [0, 0.05) is 48.5 Å². The average Bonchev–Trinajstić information content (AvgIpc) is 2.87. The zero-order valence-corrected chi connectivity index (χ0v) is 12.6. The van der Waals surface area contributed by atoms with E-state index in [2.05, 4.69) is 34.8 Å². The largest absolute Gasteiger partial charge is 0.483 e. The summed E-state index contributed by atoms with van der Waals surface area (Å²) in [6, 6.07) is 10.3. The van der Waals surface area contributed by atoms with Gasteiger partial charge in [0.2, 0.25) is 0 Å². The normalized spacial score (nSPS) is 7.56. The van der Waals surface area contributed by atoms with Crippen molar-refractivity contribution in [2.45, 2.75) is 6.54 Å². The minimum absolute atomic E-state index is 0. The summed E-state index contributed by atoms with van der Waals surface area (Å²) < 4.78 is 2.05. The number of nitrogens with zero attached hydrogens (tertiary/aromatic N) is 2. The second-order valence-corrected chi connectivity index (χ2v) is 2.83. The van der Waals surface area contributed by atoms with Crippen molar-refractivity contribution in [3.63, 3.8) is 0 Å². The van der Waals surface area contributed by atoms with Crippen LogP contribution in [0.25, 0.3) is 0 Å². The van der Waals surface area contributed by atoms with E-state index in [1.165, 1.54) is 5.56 Å². The molecule has 5 heteroatoms. The Kier molecular flexibility index (Phi) is 14.5. The van der Waals surface area contributed by atoms with Crippen molar-refractivity contribution in [1.82, 2.24) is 9.55 Å². The van der Waals surface area contributed by atoms with Crippen LogP contribution < -0.4 is 0 Å². The molecule has 0 aliphatic heterocycles. The Balaban J connectivity index is 0. The molecule has 91 valence electrons. The molecule has 1 aromatic carbocycles. The van der Waals surface area contributed by atoms with Gasteiger partial charge in [-0.3, -0.25) is 4.79 Å². The van der Waals surface area contributed by atoms with Gasteiger partial charge in [-0.2, -0.15) is 0 Å². The predicted octanol–water partition coefficient (Wildman–Crippen LogP) is 2.05. The minimum atomic E-state index is -0.250. The summed E-state index contributed by atoms with van der Waals surface area (Å²) in [5.74, 6) is 0. The third-order valence-corrected chi connectivity index (χ3v) is 1.77. The van der Waals surface area contributed by atoms with Crippen LogP contribution in [0.4, 0.5) is 0 Å². The molecule has 2 rings (SSSR count). The van der Waals surface area contributed by atoms with Gasteiger partial charge in [0.1, 0.15) is 0 Å². The van der Waals surface area contributed by atoms with Crippen LogP contribution >= 0.6 is 0 Å². The van der Waals surface area contributed by atoms with Gasteiger partial charge in [-0.15, -0.1) is 13.2 Å². The first kappa shape index (κ1) is 19.0. The van der Waals surface area contributed by atoms with Crippen molar-refractivity contribution in [3.05, 3.63) is 67.8 Å². The number of rotatable bonds is 2. The van der Waals surface area contributed by atoms with Crippen molar-refractivity contribution in [2.75, 3.05) is 0 Å². The van der Waals surface area contributed by atoms with Gasteiger partial charge in [0.05, 0.1) is 6.33 Å². The van der Waals surface area contributed by atoms with Crippen LogP contribution in [-0.2, 0) is 11.3 Å². The Morgan fingerprint density at radius 3 is 2.28 bits per heavy atom. The summed E-state index contributed by atoms with van der Waals surface area (Å²) in [6.07, 6.45) is 5.59.